The van der Waals surface area contributed by atoms with Crippen molar-refractivity contribution in [3.8, 4) is 11.5 Å². The third-order valence-corrected chi connectivity index (χ3v) is 5.96. The number of carbonyl (C=O) groups is 1. The predicted molar refractivity (Wildman–Crippen MR) is 113 cm³/mol. The second-order valence-electron chi connectivity index (χ2n) is 8.19. The van der Waals surface area contributed by atoms with E-state index in [9.17, 15) is 4.79 Å². The van der Waals surface area contributed by atoms with E-state index in [4.69, 9.17) is 4.52 Å². The number of aryl methyl sites for hydroxylation is 1. The number of rotatable bonds is 5. The maximum absolute atomic E-state index is 12.6. The minimum absolute atomic E-state index is 0.0466. The van der Waals surface area contributed by atoms with Crippen molar-refractivity contribution in [2.24, 2.45) is 5.92 Å². The van der Waals surface area contributed by atoms with Crippen molar-refractivity contribution in [3.63, 3.8) is 0 Å². The molecule has 0 spiro atoms. The Morgan fingerprint density at radius 3 is 2.73 bits per heavy atom. The van der Waals surface area contributed by atoms with E-state index in [2.05, 4.69) is 49.6 Å². The molecule has 2 fully saturated rings. The number of hydrogen-bond acceptors (Lipinski definition) is 6. The van der Waals surface area contributed by atoms with Crippen LogP contribution in [0.25, 0.3) is 11.5 Å². The summed E-state index contributed by atoms with van der Waals surface area (Å²) in [6.07, 6.45) is 4.73. The molecule has 1 N–H and O–H groups in total. The number of amides is 1. The van der Waals surface area contributed by atoms with Gasteiger partial charge >= 0.3 is 0 Å². The Balaban J connectivity index is 1.39. The molecule has 1 saturated carbocycles. The lowest BCUT2D eigenvalue weighted by molar-refractivity contribution is -0.123. The maximum Gasteiger partial charge on any atom is 0.258 e. The molecular formula is C23H25N5O2. The maximum atomic E-state index is 12.6. The molecular weight excluding hydrogens is 378 g/mol. The van der Waals surface area contributed by atoms with Gasteiger partial charge in [-0.05, 0) is 43.9 Å². The summed E-state index contributed by atoms with van der Waals surface area (Å²) < 4.78 is 5.31. The number of pyridine rings is 1. The average Bonchev–Trinajstić information content (AvgIpc) is 3.55. The van der Waals surface area contributed by atoms with Gasteiger partial charge in [-0.2, -0.15) is 4.98 Å². The Morgan fingerprint density at radius 2 is 2.00 bits per heavy atom. The van der Waals surface area contributed by atoms with Crippen LogP contribution in [0.4, 0.5) is 5.82 Å². The van der Waals surface area contributed by atoms with Gasteiger partial charge in [-0.15, -0.1) is 0 Å². The van der Waals surface area contributed by atoms with E-state index >= 15 is 0 Å². The molecule has 154 valence electrons. The largest absolute Gasteiger partial charge is 0.354 e. The summed E-state index contributed by atoms with van der Waals surface area (Å²) in [4.78, 5) is 23.7. The highest BCUT2D eigenvalue weighted by atomic mass is 16.5. The minimum atomic E-state index is 0.0466. The topological polar surface area (TPSA) is 84.2 Å². The summed E-state index contributed by atoms with van der Waals surface area (Å²) in [5, 5.41) is 7.21. The summed E-state index contributed by atoms with van der Waals surface area (Å²) >= 11 is 0. The SMILES string of the molecule is Cc1noc(-c2ccnc(N3CC[C@@H](c4ccccc4)[C@@H](NC(=O)C4CC4)C3)c2)n1. The molecule has 3 heterocycles. The number of aromatic nitrogens is 3. The van der Waals surface area contributed by atoms with Gasteiger partial charge in [-0.25, -0.2) is 4.98 Å². The van der Waals surface area contributed by atoms with Crippen molar-refractivity contribution >= 4 is 11.7 Å². The molecule has 1 saturated heterocycles. The fourth-order valence-corrected chi connectivity index (χ4v) is 4.19. The predicted octanol–water partition coefficient (Wildman–Crippen LogP) is 3.33. The number of benzene rings is 1. The molecule has 0 radical (unpaired) electrons. The molecule has 7 heteroatoms. The first kappa shape index (κ1) is 18.8. The van der Waals surface area contributed by atoms with Gasteiger partial charge in [0.1, 0.15) is 5.82 Å². The molecule has 2 atom stereocenters. The molecule has 2 aromatic heterocycles. The quantitative estimate of drug-likeness (QED) is 0.703. The smallest absolute Gasteiger partial charge is 0.258 e. The second kappa shape index (κ2) is 7.89. The van der Waals surface area contributed by atoms with Crippen LogP contribution in [-0.2, 0) is 4.79 Å². The Hall–Kier alpha value is -3.22. The fourth-order valence-electron chi connectivity index (χ4n) is 4.19. The molecule has 1 aromatic carbocycles. The van der Waals surface area contributed by atoms with Gasteiger partial charge in [0.25, 0.3) is 5.89 Å². The zero-order valence-corrected chi connectivity index (χ0v) is 17.0. The summed E-state index contributed by atoms with van der Waals surface area (Å²) in [7, 11) is 0. The molecule has 5 rings (SSSR count). The number of carbonyl (C=O) groups excluding carboxylic acids is 1. The van der Waals surface area contributed by atoms with Crippen molar-refractivity contribution in [1.29, 1.82) is 0 Å². The molecule has 30 heavy (non-hydrogen) atoms. The van der Waals surface area contributed by atoms with Gasteiger partial charge in [0.05, 0.1) is 6.04 Å². The zero-order chi connectivity index (χ0) is 20.5. The van der Waals surface area contributed by atoms with E-state index in [0.29, 0.717) is 17.6 Å². The number of anilines is 1. The van der Waals surface area contributed by atoms with Crippen LogP contribution in [0.3, 0.4) is 0 Å². The average molecular weight is 403 g/mol. The second-order valence-corrected chi connectivity index (χ2v) is 8.19. The summed E-state index contributed by atoms with van der Waals surface area (Å²) in [6.45, 7) is 3.39. The van der Waals surface area contributed by atoms with Crippen molar-refractivity contribution < 1.29 is 9.32 Å². The molecule has 1 amide bonds. The zero-order valence-electron chi connectivity index (χ0n) is 17.0. The standard InChI is InChI=1S/C23H25N5O2/c1-15-25-23(30-27-15)18-9-11-24-21(13-18)28-12-10-19(16-5-3-2-4-6-16)20(14-28)26-22(29)17-7-8-17/h2-6,9,11,13,17,19-20H,7-8,10,12,14H2,1H3,(H,26,29)/t19-,20-/m0/s1. The van der Waals surface area contributed by atoms with Crippen LogP contribution in [0.2, 0.25) is 0 Å². The van der Waals surface area contributed by atoms with E-state index in [-0.39, 0.29) is 17.9 Å². The van der Waals surface area contributed by atoms with Crippen LogP contribution in [0, 0.1) is 12.8 Å². The molecule has 7 nitrogen and oxygen atoms in total. The van der Waals surface area contributed by atoms with Gasteiger partial charge in [-0.1, -0.05) is 35.5 Å². The highest BCUT2D eigenvalue weighted by Crippen LogP contribution is 2.34. The summed E-state index contributed by atoms with van der Waals surface area (Å²) in [5.74, 6) is 2.64. The highest BCUT2D eigenvalue weighted by molar-refractivity contribution is 5.81. The Kier molecular flexibility index (Phi) is 4.94. The van der Waals surface area contributed by atoms with Crippen LogP contribution >= 0.6 is 0 Å². The Labute approximate surface area is 175 Å². The summed E-state index contributed by atoms with van der Waals surface area (Å²) in [5.41, 5.74) is 2.13. The number of hydrogen-bond donors (Lipinski definition) is 1. The number of nitrogens with one attached hydrogen (secondary N) is 1. The van der Waals surface area contributed by atoms with Crippen molar-refractivity contribution in [2.45, 2.75) is 38.1 Å². The molecule has 3 aromatic rings. The van der Waals surface area contributed by atoms with E-state index in [1.54, 1.807) is 13.1 Å². The lowest BCUT2D eigenvalue weighted by atomic mass is 9.85. The number of nitrogens with zero attached hydrogens (tertiary/aromatic N) is 4. The normalized spacial score (nSPS) is 21.4. The van der Waals surface area contributed by atoms with Crippen LogP contribution < -0.4 is 10.2 Å². The highest BCUT2D eigenvalue weighted by Gasteiger charge is 2.36. The Bertz CT molecular complexity index is 1030. The molecule has 0 bridgehead atoms. The first-order chi connectivity index (χ1) is 14.7. The Morgan fingerprint density at radius 1 is 1.17 bits per heavy atom. The van der Waals surface area contributed by atoms with Gasteiger partial charge in [0, 0.05) is 36.7 Å². The molecule has 1 aliphatic carbocycles. The third-order valence-electron chi connectivity index (χ3n) is 5.96. The van der Waals surface area contributed by atoms with E-state index in [0.717, 1.165) is 43.7 Å². The fraction of sp³-hybridized carbons (Fsp3) is 0.391. The van der Waals surface area contributed by atoms with Crippen LogP contribution in [0.5, 0.6) is 0 Å². The molecule has 1 aliphatic heterocycles. The summed E-state index contributed by atoms with van der Waals surface area (Å²) in [6, 6.07) is 14.4. The molecule has 0 unspecified atom stereocenters. The lowest BCUT2D eigenvalue weighted by Gasteiger charge is -2.40. The van der Waals surface area contributed by atoms with Gasteiger partial charge in [-0.3, -0.25) is 4.79 Å². The van der Waals surface area contributed by atoms with Gasteiger partial charge < -0.3 is 14.7 Å². The molecule has 2 aliphatic rings. The van der Waals surface area contributed by atoms with Gasteiger partial charge in [0.15, 0.2) is 5.82 Å². The lowest BCUT2D eigenvalue weighted by Crippen LogP contribution is -2.52. The van der Waals surface area contributed by atoms with Crippen molar-refractivity contribution in [3.05, 3.63) is 60.0 Å². The van der Waals surface area contributed by atoms with E-state index < -0.39 is 0 Å². The first-order valence-corrected chi connectivity index (χ1v) is 10.5. The van der Waals surface area contributed by atoms with Gasteiger partial charge in [0.2, 0.25) is 5.91 Å². The van der Waals surface area contributed by atoms with Crippen molar-refractivity contribution in [2.75, 3.05) is 18.0 Å². The van der Waals surface area contributed by atoms with E-state index in [1.807, 2.05) is 18.2 Å². The first-order valence-electron chi connectivity index (χ1n) is 10.5. The third kappa shape index (κ3) is 3.92. The van der Waals surface area contributed by atoms with Crippen molar-refractivity contribution in [1.82, 2.24) is 20.4 Å². The van der Waals surface area contributed by atoms with E-state index in [1.165, 1.54) is 5.56 Å². The minimum Gasteiger partial charge on any atom is -0.354 e. The van der Waals surface area contributed by atoms with Crippen LogP contribution in [0.1, 0.15) is 36.6 Å². The number of piperidine rings is 1. The van der Waals surface area contributed by atoms with Crippen LogP contribution in [-0.4, -0.2) is 40.2 Å². The monoisotopic (exact) mass is 403 g/mol. The van der Waals surface area contributed by atoms with Crippen LogP contribution in [0.15, 0.2) is 53.2 Å².